The number of benzene rings is 2. The van der Waals surface area contributed by atoms with Crippen LogP contribution in [0.15, 0.2) is 48.7 Å². The van der Waals surface area contributed by atoms with E-state index in [0.717, 1.165) is 5.56 Å². The first kappa shape index (κ1) is 14.0. The molecule has 1 heterocycles. The molecule has 0 radical (unpaired) electrons. The van der Waals surface area contributed by atoms with Gasteiger partial charge in [0, 0.05) is 22.8 Å². The van der Waals surface area contributed by atoms with Crippen molar-refractivity contribution in [1.29, 1.82) is 0 Å². The average Bonchev–Trinajstić information content (AvgIpc) is 2.89. The monoisotopic (exact) mass is 296 g/mol. The number of nitrogens with one attached hydrogen (secondary N) is 2. The Morgan fingerprint density at radius 3 is 2.73 bits per heavy atom. The third-order valence-electron chi connectivity index (χ3n) is 3.37. The van der Waals surface area contributed by atoms with Crippen LogP contribution in [0.2, 0.25) is 0 Å². The van der Waals surface area contributed by atoms with Crippen LogP contribution in [-0.2, 0) is 4.79 Å². The van der Waals surface area contributed by atoms with Gasteiger partial charge >= 0.3 is 0 Å². The number of rotatable bonds is 3. The average molecular weight is 296 g/mol. The smallest absolute Gasteiger partial charge is 0.296 e. The molecule has 2 aromatic carbocycles. The minimum atomic E-state index is -0.754. The largest absolute Gasteiger partial charge is 0.360 e. The van der Waals surface area contributed by atoms with Crippen LogP contribution in [0.4, 0.5) is 10.1 Å². The molecule has 0 aliphatic rings. The molecule has 1 aromatic heterocycles. The minimum Gasteiger partial charge on any atom is -0.360 e. The molecule has 2 N–H and O–H groups in total. The molecular weight excluding hydrogens is 283 g/mol. The summed E-state index contributed by atoms with van der Waals surface area (Å²) >= 11 is 0. The lowest BCUT2D eigenvalue weighted by atomic mass is 10.1. The third kappa shape index (κ3) is 2.61. The molecule has 0 spiro atoms. The lowest BCUT2D eigenvalue weighted by Gasteiger charge is -2.04. The zero-order valence-corrected chi connectivity index (χ0v) is 11.8. The van der Waals surface area contributed by atoms with Crippen molar-refractivity contribution in [3.05, 3.63) is 65.6 Å². The number of fused-ring (bicyclic) bond motifs is 1. The summed E-state index contributed by atoms with van der Waals surface area (Å²) in [7, 11) is 0. The summed E-state index contributed by atoms with van der Waals surface area (Å²) in [4.78, 5) is 27.2. The molecule has 0 saturated heterocycles. The summed E-state index contributed by atoms with van der Waals surface area (Å²) in [6, 6.07) is 11.2. The number of amides is 1. The van der Waals surface area contributed by atoms with Crippen LogP contribution in [0.25, 0.3) is 10.9 Å². The Hall–Kier alpha value is -2.95. The number of Topliss-reactive ketones (excluding diaryl/α,β-unsaturated/α-hetero) is 1. The number of halogens is 1. The third-order valence-corrected chi connectivity index (χ3v) is 3.37. The molecule has 4 nitrogen and oxygen atoms in total. The fourth-order valence-electron chi connectivity index (χ4n) is 2.31. The van der Waals surface area contributed by atoms with Gasteiger partial charge in [-0.1, -0.05) is 12.1 Å². The van der Waals surface area contributed by atoms with E-state index in [0.29, 0.717) is 16.6 Å². The van der Waals surface area contributed by atoms with Gasteiger partial charge in [0.25, 0.3) is 11.7 Å². The van der Waals surface area contributed by atoms with Gasteiger partial charge in [0.1, 0.15) is 5.82 Å². The van der Waals surface area contributed by atoms with Gasteiger partial charge in [0.15, 0.2) is 0 Å². The fraction of sp³-hybridized carbons (Fsp3) is 0.0588. The molecule has 1 amide bonds. The number of hydrogen-bond acceptors (Lipinski definition) is 2. The number of carbonyl (C=O) groups is 2. The van der Waals surface area contributed by atoms with Crippen molar-refractivity contribution in [3.8, 4) is 0 Å². The van der Waals surface area contributed by atoms with Crippen LogP contribution in [-0.4, -0.2) is 16.7 Å². The first-order chi connectivity index (χ1) is 10.5. The van der Waals surface area contributed by atoms with Crippen molar-refractivity contribution in [3.63, 3.8) is 0 Å². The summed E-state index contributed by atoms with van der Waals surface area (Å²) in [5, 5.41) is 2.95. The van der Waals surface area contributed by atoms with Gasteiger partial charge < -0.3 is 10.3 Å². The Morgan fingerprint density at radius 1 is 1.14 bits per heavy atom. The van der Waals surface area contributed by atoms with Crippen LogP contribution >= 0.6 is 0 Å². The molecule has 0 unspecified atom stereocenters. The maximum absolute atomic E-state index is 13.3. The molecule has 3 aromatic rings. The molecule has 5 heteroatoms. The van der Waals surface area contributed by atoms with E-state index in [1.807, 2.05) is 13.0 Å². The number of aromatic amines is 1. The second kappa shape index (κ2) is 5.44. The molecule has 3 rings (SSSR count). The van der Waals surface area contributed by atoms with Gasteiger partial charge in [-0.25, -0.2) is 4.39 Å². The van der Waals surface area contributed by atoms with Gasteiger partial charge in [-0.15, -0.1) is 0 Å². The molecule has 110 valence electrons. The highest BCUT2D eigenvalue weighted by atomic mass is 19.1. The Bertz CT molecular complexity index is 883. The highest BCUT2D eigenvalue weighted by molar-refractivity contribution is 6.48. The minimum absolute atomic E-state index is 0.152. The number of aromatic nitrogens is 1. The van der Waals surface area contributed by atoms with E-state index >= 15 is 0 Å². The maximum atomic E-state index is 13.3. The Labute approximate surface area is 126 Å². The summed E-state index contributed by atoms with van der Waals surface area (Å²) < 4.78 is 13.3. The highest BCUT2D eigenvalue weighted by Crippen LogP contribution is 2.20. The first-order valence-corrected chi connectivity index (χ1v) is 6.73. The number of carbonyl (C=O) groups excluding carboxylic acids is 2. The number of H-pyrrole nitrogens is 1. The fourth-order valence-corrected chi connectivity index (χ4v) is 2.31. The van der Waals surface area contributed by atoms with E-state index in [-0.39, 0.29) is 5.56 Å². The lowest BCUT2D eigenvalue weighted by Crippen LogP contribution is -2.22. The van der Waals surface area contributed by atoms with Crippen LogP contribution in [0, 0.1) is 12.7 Å². The summed E-state index contributed by atoms with van der Waals surface area (Å²) in [5.41, 5.74) is 2.27. The molecule has 0 fully saturated rings. The predicted octanol–water partition coefficient (Wildman–Crippen LogP) is 3.44. The van der Waals surface area contributed by atoms with Crippen molar-refractivity contribution >= 4 is 28.3 Å². The van der Waals surface area contributed by atoms with Crippen molar-refractivity contribution in [1.82, 2.24) is 4.98 Å². The molecule has 22 heavy (non-hydrogen) atoms. The molecule has 0 aliphatic carbocycles. The van der Waals surface area contributed by atoms with Crippen molar-refractivity contribution < 1.29 is 14.0 Å². The summed E-state index contributed by atoms with van der Waals surface area (Å²) in [6.45, 7) is 1.89. The summed E-state index contributed by atoms with van der Waals surface area (Å²) in [5.74, 6) is -1.92. The van der Waals surface area contributed by atoms with Crippen molar-refractivity contribution in [2.24, 2.45) is 0 Å². The van der Waals surface area contributed by atoms with Gasteiger partial charge in [0.05, 0.1) is 5.56 Å². The highest BCUT2D eigenvalue weighted by Gasteiger charge is 2.20. The zero-order chi connectivity index (χ0) is 15.7. The molecule has 0 saturated carbocycles. The van der Waals surface area contributed by atoms with E-state index < -0.39 is 17.5 Å². The topological polar surface area (TPSA) is 62.0 Å². The van der Waals surface area contributed by atoms with Crippen LogP contribution in [0.1, 0.15) is 15.9 Å². The SMILES string of the molecule is Cc1cccc(NC(=O)C(=O)c2c[nH]c3ccc(F)cc23)c1. The maximum Gasteiger partial charge on any atom is 0.296 e. The quantitative estimate of drug-likeness (QED) is 0.574. The number of aryl methyl sites for hydroxylation is 1. The van der Waals surface area contributed by atoms with Gasteiger partial charge in [-0.2, -0.15) is 0 Å². The van der Waals surface area contributed by atoms with Crippen molar-refractivity contribution in [2.75, 3.05) is 5.32 Å². The Balaban J connectivity index is 1.89. The number of hydrogen-bond donors (Lipinski definition) is 2. The van der Waals surface area contributed by atoms with Gasteiger partial charge in [-0.3, -0.25) is 9.59 Å². The zero-order valence-electron chi connectivity index (χ0n) is 11.8. The normalized spacial score (nSPS) is 10.6. The first-order valence-electron chi connectivity index (χ1n) is 6.73. The lowest BCUT2D eigenvalue weighted by molar-refractivity contribution is -0.112. The predicted molar refractivity (Wildman–Crippen MR) is 82.4 cm³/mol. The standard InChI is InChI=1S/C17H13FN2O2/c1-10-3-2-4-12(7-10)20-17(22)16(21)14-9-19-15-6-5-11(18)8-13(14)15/h2-9,19H,1H3,(H,20,22). The molecule has 0 atom stereocenters. The number of ketones is 1. The van der Waals surface area contributed by atoms with Gasteiger partial charge in [0.2, 0.25) is 0 Å². The second-order valence-electron chi connectivity index (χ2n) is 5.04. The van der Waals surface area contributed by atoms with E-state index in [1.54, 1.807) is 18.2 Å². The summed E-state index contributed by atoms with van der Waals surface area (Å²) in [6.07, 6.45) is 1.42. The van der Waals surface area contributed by atoms with E-state index in [9.17, 15) is 14.0 Å². The number of anilines is 1. The molecule has 0 aliphatic heterocycles. The molecular formula is C17H13FN2O2. The van der Waals surface area contributed by atoms with E-state index in [4.69, 9.17) is 0 Å². The van der Waals surface area contributed by atoms with E-state index in [1.165, 1.54) is 24.4 Å². The van der Waals surface area contributed by atoms with Gasteiger partial charge in [-0.05, 0) is 42.8 Å². The van der Waals surface area contributed by atoms with Crippen molar-refractivity contribution in [2.45, 2.75) is 6.92 Å². The van der Waals surface area contributed by atoms with Crippen LogP contribution < -0.4 is 5.32 Å². The molecule has 0 bridgehead atoms. The van der Waals surface area contributed by atoms with Crippen LogP contribution in [0.3, 0.4) is 0 Å². The van der Waals surface area contributed by atoms with E-state index in [2.05, 4.69) is 10.3 Å². The van der Waals surface area contributed by atoms with Crippen LogP contribution in [0.5, 0.6) is 0 Å². The second-order valence-corrected chi connectivity index (χ2v) is 5.04. The Morgan fingerprint density at radius 2 is 1.95 bits per heavy atom. The Kier molecular flexibility index (Phi) is 3.47.